The molecular formula is C15H15BrClN. The van der Waals surface area contributed by atoms with Gasteiger partial charge in [-0.3, -0.25) is 0 Å². The molecule has 94 valence electrons. The van der Waals surface area contributed by atoms with E-state index in [1.165, 1.54) is 11.1 Å². The molecule has 0 radical (unpaired) electrons. The zero-order valence-electron chi connectivity index (χ0n) is 10.4. The van der Waals surface area contributed by atoms with Crippen molar-refractivity contribution in [2.45, 2.75) is 19.9 Å². The van der Waals surface area contributed by atoms with Crippen LogP contribution in [-0.4, -0.2) is 0 Å². The van der Waals surface area contributed by atoms with Gasteiger partial charge in [0.25, 0.3) is 0 Å². The van der Waals surface area contributed by atoms with Crippen LogP contribution in [0.3, 0.4) is 0 Å². The van der Waals surface area contributed by atoms with Gasteiger partial charge in [-0.2, -0.15) is 0 Å². The van der Waals surface area contributed by atoms with Crippen molar-refractivity contribution >= 4 is 27.5 Å². The Labute approximate surface area is 121 Å². The molecular weight excluding hydrogens is 310 g/mol. The molecule has 3 heteroatoms. The first-order chi connectivity index (χ1) is 8.45. The third-order valence-corrected chi connectivity index (χ3v) is 3.52. The third kappa shape index (κ3) is 3.14. The number of hydrogen-bond acceptors (Lipinski definition) is 1. The maximum absolute atomic E-state index is 6.31. The van der Waals surface area contributed by atoms with Gasteiger partial charge in [-0.25, -0.2) is 0 Å². The van der Waals surface area contributed by atoms with Crippen molar-refractivity contribution in [3.63, 3.8) is 0 Å². The van der Waals surface area contributed by atoms with Crippen LogP contribution in [0.15, 0.2) is 40.9 Å². The second-order valence-electron chi connectivity index (χ2n) is 4.60. The molecule has 1 nitrogen and oxygen atoms in total. The summed E-state index contributed by atoms with van der Waals surface area (Å²) in [7, 11) is 0. The fourth-order valence-corrected chi connectivity index (χ4v) is 3.02. The van der Waals surface area contributed by atoms with E-state index in [9.17, 15) is 0 Å². The highest BCUT2D eigenvalue weighted by molar-refractivity contribution is 9.10. The summed E-state index contributed by atoms with van der Waals surface area (Å²) >= 11 is 9.50. The molecule has 0 aliphatic heterocycles. The van der Waals surface area contributed by atoms with Gasteiger partial charge in [0, 0.05) is 9.50 Å². The minimum absolute atomic E-state index is 0.154. The first-order valence-corrected chi connectivity index (χ1v) is 6.92. The second-order valence-corrected chi connectivity index (χ2v) is 5.95. The fourth-order valence-electron chi connectivity index (χ4n) is 2.14. The van der Waals surface area contributed by atoms with Crippen LogP contribution in [-0.2, 0) is 0 Å². The summed E-state index contributed by atoms with van der Waals surface area (Å²) in [5.74, 6) is 0. The molecule has 2 rings (SSSR count). The summed E-state index contributed by atoms with van der Waals surface area (Å²) in [6.45, 7) is 4.16. The fraction of sp³-hybridized carbons (Fsp3) is 0.200. The largest absolute Gasteiger partial charge is 0.320 e. The topological polar surface area (TPSA) is 26.0 Å². The Morgan fingerprint density at radius 1 is 0.944 bits per heavy atom. The van der Waals surface area contributed by atoms with Gasteiger partial charge in [0.05, 0.1) is 6.04 Å². The van der Waals surface area contributed by atoms with E-state index in [4.69, 9.17) is 17.3 Å². The molecule has 0 aliphatic carbocycles. The highest BCUT2D eigenvalue weighted by Gasteiger charge is 2.11. The maximum Gasteiger partial charge on any atom is 0.0552 e. The number of aryl methyl sites for hydroxylation is 2. The molecule has 0 saturated heterocycles. The Balaban J connectivity index is 2.43. The lowest BCUT2D eigenvalue weighted by molar-refractivity contribution is 0.867. The molecule has 0 amide bonds. The van der Waals surface area contributed by atoms with Crippen molar-refractivity contribution in [1.29, 1.82) is 0 Å². The van der Waals surface area contributed by atoms with Crippen LogP contribution in [0.1, 0.15) is 28.3 Å². The SMILES string of the molecule is Cc1cc(C)cc(C(N)c2cc(Cl)cc(Br)c2)c1. The van der Waals surface area contributed by atoms with E-state index in [0.29, 0.717) is 5.02 Å². The van der Waals surface area contributed by atoms with E-state index >= 15 is 0 Å². The molecule has 0 aromatic heterocycles. The quantitative estimate of drug-likeness (QED) is 0.846. The van der Waals surface area contributed by atoms with Crippen molar-refractivity contribution in [3.8, 4) is 0 Å². The number of nitrogens with two attached hydrogens (primary N) is 1. The lowest BCUT2D eigenvalue weighted by atomic mass is 9.96. The van der Waals surface area contributed by atoms with Crippen molar-refractivity contribution in [2.24, 2.45) is 5.73 Å². The van der Waals surface area contributed by atoms with Crippen LogP contribution >= 0.6 is 27.5 Å². The number of halogens is 2. The van der Waals surface area contributed by atoms with Crippen LogP contribution in [0.5, 0.6) is 0 Å². The lowest BCUT2D eigenvalue weighted by Gasteiger charge is -2.15. The summed E-state index contributed by atoms with van der Waals surface area (Å²) < 4.78 is 0.949. The Kier molecular flexibility index (Phi) is 4.10. The van der Waals surface area contributed by atoms with Crippen molar-refractivity contribution in [1.82, 2.24) is 0 Å². The number of rotatable bonds is 2. The monoisotopic (exact) mass is 323 g/mol. The van der Waals surface area contributed by atoms with Crippen LogP contribution in [0.4, 0.5) is 0 Å². The molecule has 0 spiro atoms. The maximum atomic E-state index is 6.31. The van der Waals surface area contributed by atoms with E-state index in [1.807, 2.05) is 18.2 Å². The molecule has 2 aromatic rings. The predicted molar refractivity (Wildman–Crippen MR) is 81.1 cm³/mol. The van der Waals surface area contributed by atoms with Crippen LogP contribution in [0.2, 0.25) is 5.02 Å². The molecule has 18 heavy (non-hydrogen) atoms. The van der Waals surface area contributed by atoms with Gasteiger partial charge in [-0.1, -0.05) is 56.9 Å². The Morgan fingerprint density at radius 2 is 1.50 bits per heavy atom. The summed E-state index contributed by atoms with van der Waals surface area (Å²) in [5, 5.41) is 0.694. The molecule has 1 atom stereocenters. The summed E-state index contributed by atoms with van der Waals surface area (Å²) in [5.41, 5.74) is 10.9. The van der Waals surface area contributed by atoms with E-state index in [2.05, 4.69) is 48.0 Å². The van der Waals surface area contributed by atoms with Crippen LogP contribution < -0.4 is 5.73 Å². The van der Waals surface area contributed by atoms with Crippen molar-refractivity contribution < 1.29 is 0 Å². The molecule has 1 unspecified atom stereocenters. The number of hydrogen-bond donors (Lipinski definition) is 1. The summed E-state index contributed by atoms with van der Waals surface area (Å²) in [6, 6.07) is 12.0. The van der Waals surface area contributed by atoms with Crippen LogP contribution in [0, 0.1) is 13.8 Å². The Morgan fingerprint density at radius 3 is 2.06 bits per heavy atom. The minimum atomic E-state index is -0.154. The lowest BCUT2D eigenvalue weighted by Crippen LogP contribution is -2.12. The second kappa shape index (κ2) is 5.43. The molecule has 0 aliphatic rings. The highest BCUT2D eigenvalue weighted by atomic mass is 79.9. The van der Waals surface area contributed by atoms with E-state index < -0.39 is 0 Å². The van der Waals surface area contributed by atoms with Gasteiger partial charge < -0.3 is 5.73 Å². The Hall–Kier alpha value is -0.830. The third-order valence-electron chi connectivity index (χ3n) is 2.85. The Bertz CT molecular complexity index is 489. The zero-order chi connectivity index (χ0) is 13.3. The van der Waals surface area contributed by atoms with Gasteiger partial charge in [0.2, 0.25) is 0 Å². The van der Waals surface area contributed by atoms with E-state index in [0.717, 1.165) is 15.6 Å². The first kappa shape index (κ1) is 13.6. The molecule has 0 fully saturated rings. The van der Waals surface area contributed by atoms with Crippen molar-refractivity contribution in [2.75, 3.05) is 0 Å². The molecule has 2 N–H and O–H groups in total. The first-order valence-electron chi connectivity index (χ1n) is 5.75. The molecule has 2 aromatic carbocycles. The highest BCUT2D eigenvalue weighted by Crippen LogP contribution is 2.27. The van der Waals surface area contributed by atoms with E-state index in [1.54, 1.807) is 0 Å². The average Bonchev–Trinajstić information content (AvgIpc) is 2.25. The molecule has 0 saturated carbocycles. The minimum Gasteiger partial charge on any atom is -0.320 e. The van der Waals surface area contributed by atoms with Crippen LogP contribution in [0.25, 0.3) is 0 Å². The average molecular weight is 325 g/mol. The normalized spacial score (nSPS) is 12.5. The van der Waals surface area contributed by atoms with Gasteiger partial charge in [0.15, 0.2) is 0 Å². The number of benzene rings is 2. The summed E-state index contributed by atoms with van der Waals surface area (Å²) in [6.07, 6.45) is 0. The summed E-state index contributed by atoms with van der Waals surface area (Å²) in [4.78, 5) is 0. The predicted octanol–water partition coefficient (Wildman–Crippen LogP) is 4.77. The van der Waals surface area contributed by atoms with E-state index in [-0.39, 0.29) is 6.04 Å². The zero-order valence-corrected chi connectivity index (χ0v) is 12.7. The van der Waals surface area contributed by atoms with Gasteiger partial charge in [-0.05, 0) is 43.2 Å². The molecule has 0 heterocycles. The van der Waals surface area contributed by atoms with Gasteiger partial charge in [-0.15, -0.1) is 0 Å². The van der Waals surface area contributed by atoms with Crippen molar-refractivity contribution in [3.05, 3.63) is 68.1 Å². The smallest absolute Gasteiger partial charge is 0.0552 e. The van der Waals surface area contributed by atoms with Gasteiger partial charge >= 0.3 is 0 Å². The molecule has 0 bridgehead atoms. The van der Waals surface area contributed by atoms with Gasteiger partial charge in [0.1, 0.15) is 0 Å². The standard InChI is InChI=1S/C15H15BrClN/c1-9-3-10(2)5-11(4-9)15(18)12-6-13(16)8-14(17)7-12/h3-8,15H,18H2,1-2H3.